The molecule has 0 bridgehead atoms. The molecule has 0 saturated heterocycles. The van der Waals surface area contributed by atoms with Crippen LogP contribution in [0.1, 0.15) is 27.0 Å². The number of carbonyl (C=O) groups excluding carboxylic acids is 1. The zero-order valence-corrected chi connectivity index (χ0v) is 19.9. The fourth-order valence-corrected chi connectivity index (χ4v) is 3.80. The van der Waals surface area contributed by atoms with Crippen LogP contribution in [-0.4, -0.2) is 27.1 Å². The van der Waals surface area contributed by atoms with Gasteiger partial charge in [-0.1, -0.05) is 0 Å². The largest absolute Gasteiger partial charge is 0.496 e. The number of hydrogen-bond donors (Lipinski definition) is 0. The fourth-order valence-electron chi connectivity index (χ4n) is 3.80. The number of ketones is 1. The summed E-state index contributed by atoms with van der Waals surface area (Å²) < 4.78 is 95.1. The molecule has 0 unspecified atom stereocenters. The molecule has 0 aromatic heterocycles. The minimum atomic E-state index is -2.26. The zero-order valence-electron chi connectivity index (χ0n) is 19.9. The number of Topliss-reactive ketones (excluding diaryl/α,β-unsaturated/α-hetero) is 1. The quantitative estimate of drug-likeness (QED) is 0.166. The third kappa shape index (κ3) is 4.52. The Morgan fingerprint density at radius 3 is 1.95 bits per heavy atom. The summed E-state index contributed by atoms with van der Waals surface area (Å²) in [4.78, 5) is 13.0. The Hall–Kier alpha value is -4.28. The summed E-state index contributed by atoms with van der Waals surface area (Å²) in [5.41, 5.74) is -0.0590. The summed E-state index contributed by atoms with van der Waals surface area (Å²) in [6.45, 7) is 0.620. The molecular weight excluding hydrogens is 503 g/mol. The van der Waals surface area contributed by atoms with Crippen molar-refractivity contribution in [3.8, 4) is 28.7 Å². The SMILES string of the molecule is COc1cc(OC)c(OC)cc1/C=C1\Oc2cc(OCc3c(F)c(F)c(F)c(F)c3F)cc(C)c2C1=O. The molecule has 0 atom stereocenters. The van der Waals surface area contributed by atoms with Crippen molar-refractivity contribution in [3.05, 3.63) is 81.4 Å². The van der Waals surface area contributed by atoms with Gasteiger partial charge in [0.25, 0.3) is 0 Å². The van der Waals surface area contributed by atoms with E-state index in [1.165, 1.54) is 39.5 Å². The Morgan fingerprint density at radius 1 is 0.784 bits per heavy atom. The van der Waals surface area contributed by atoms with Gasteiger partial charge in [-0.25, -0.2) is 22.0 Å². The summed E-state index contributed by atoms with van der Waals surface area (Å²) >= 11 is 0. The van der Waals surface area contributed by atoms with Gasteiger partial charge in [-0.15, -0.1) is 0 Å². The standard InChI is InChI=1S/C26H19F5O6/c1-11-5-13(36-10-14-21(27)23(29)25(31)24(30)22(14)28)8-18-20(11)26(32)19(37-18)7-12-6-16(34-3)17(35-4)9-15(12)33-2/h5-9H,10H2,1-4H3/b19-7-. The molecule has 0 aliphatic carbocycles. The van der Waals surface area contributed by atoms with Gasteiger partial charge in [-0.2, -0.15) is 0 Å². The molecule has 0 amide bonds. The van der Waals surface area contributed by atoms with Gasteiger partial charge in [0.2, 0.25) is 11.6 Å². The molecule has 0 radical (unpaired) electrons. The van der Waals surface area contributed by atoms with Gasteiger partial charge < -0.3 is 23.7 Å². The molecule has 0 saturated carbocycles. The number of carbonyl (C=O) groups is 1. The van der Waals surface area contributed by atoms with E-state index in [1.807, 2.05) is 0 Å². The summed E-state index contributed by atoms with van der Waals surface area (Å²) in [5, 5.41) is 0. The number of halogens is 5. The number of rotatable bonds is 7. The lowest BCUT2D eigenvalue weighted by molar-refractivity contribution is 0.101. The average Bonchev–Trinajstić information content (AvgIpc) is 3.20. The normalized spacial score (nSPS) is 13.4. The predicted molar refractivity (Wildman–Crippen MR) is 121 cm³/mol. The number of methoxy groups -OCH3 is 3. The number of benzene rings is 3. The Morgan fingerprint density at radius 2 is 1.35 bits per heavy atom. The molecule has 1 heterocycles. The number of hydrogen-bond acceptors (Lipinski definition) is 6. The molecule has 4 rings (SSSR count). The fraction of sp³-hybridized carbons (Fsp3) is 0.192. The van der Waals surface area contributed by atoms with Crippen molar-refractivity contribution >= 4 is 11.9 Å². The van der Waals surface area contributed by atoms with Crippen molar-refractivity contribution in [2.75, 3.05) is 21.3 Å². The van der Waals surface area contributed by atoms with Gasteiger partial charge in [0.05, 0.1) is 32.5 Å². The van der Waals surface area contributed by atoms with Gasteiger partial charge in [-0.3, -0.25) is 4.79 Å². The number of allylic oxidation sites excluding steroid dienone is 1. The van der Waals surface area contributed by atoms with Crippen LogP contribution in [0.5, 0.6) is 28.7 Å². The minimum Gasteiger partial charge on any atom is -0.496 e. The van der Waals surface area contributed by atoms with Crippen LogP contribution in [-0.2, 0) is 6.61 Å². The maximum absolute atomic E-state index is 14.0. The summed E-state index contributed by atoms with van der Waals surface area (Å²) in [6, 6.07) is 5.83. The second kappa shape index (κ2) is 10.00. The highest BCUT2D eigenvalue weighted by atomic mass is 19.2. The minimum absolute atomic E-state index is 0.0158. The number of aryl methyl sites for hydroxylation is 1. The Labute approximate surface area is 207 Å². The highest BCUT2D eigenvalue weighted by Crippen LogP contribution is 2.40. The Kier molecular flexibility index (Phi) is 6.97. The smallest absolute Gasteiger partial charge is 0.232 e. The second-order valence-electron chi connectivity index (χ2n) is 7.84. The lowest BCUT2D eigenvalue weighted by Crippen LogP contribution is -2.10. The van der Waals surface area contributed by atoms with Crippen LogP contribution >= 0.6 is 0 Å². The zero-order chi connectivity index (χ0) is 27.0. The van der Waals surface area contributed by atoms with Gasteiger partial charge in [0.1, 0.15) is 23.9 Å². The summed E-state index contributed by atoms with van der Waals surface area (Å²) in [5.74, 6) is -9.64. The molecule has 0 spiro atoms. The lowest BCUT2D eigenvalue weighted by Gasteiger charge is -2.12. The molecule has 1 aliphatic heterocycles. The van der Waals surface area contributed by atoms with Crippen LogP contribution in [0, 0.1) is 36.0 Å². The molecule has 3 aromatic rings. The number of fused-ring (bicyclic) bond motifs is 1. The summed E-state index contributed by atoms with van der Waals surface area (Å²) in [7, 11) is 4.35. The maximum atomic E-state index is 14.0. The van der Waals surface area contributed by atoms with E-state index in [0.717, 1.165) is 0 Å². The third-order valence-corrected chi connectivity index (χ3v) is 5.65. The first-order valence-electron chi connectivity index (χ1n) is 10.6. The first kappa shape index (κ1) is 25.8. The van der Waals surface area contributed by atoms with Crippen molar-refractivity contribution in [1.29, 1.82) is 0 Å². The van der Waals surface area contributed by atoms with E-state index >= 15 is 0 Å². The molecule has 37 heavy (non-hydrogen) atoms. The van der Waals surface area contributed by atoms with Crippen LogP contribution in [0.25, 0.3) is 6.08 Å². The monoisotopic (exact) mass is 522 g/mol. The van der Waals surface area contributed by atoms with Gasteiger partial charge >= 0.3 is 0 Å². The van der Waals surface area contributed by atoms with E-state index < -0.39 is 47.0 Å². The van der Waals surface area contributed by atoms with Crippen molar-refractivity contribution in [2.24, 2.45) is 0 Å². The third-order valence-electron chi connectivity index (χ3n) is 5.65. The molecule has 11 heteroatoms. The van der Waals surface area contributed by atoms with Gasteiger partial charge in [0.15, 0.2) is 40.5 Å². The Balaban J connectivity index is 1.64. The lowest BCUT2D eigenvalue weighted by atomic mass is 10.0. The molecule has 0 N–H and O–H groups in total. The van der Waals surface area contributed by atoms with Crippen molar-refractivity contribution in [3.63, 3.8) is 0 Å². The van der Waals surface area contributed by atoms with E-state index in [2.05, 4.69) is 0 Å². The van der Waals surface area contributed by atoms with Crippen molar-refractivity contribution in [2.45, 2.75) is 13.5 Å². The average molecular weight is 522 g/mol. The van der Waals surface area contributed by atoms with E-state index in [9.17, 15) is 26.7 Å². The highest BCUT2D eigenvalue weighted by Gasteiger charge is 2.31. The Bertz CT molecular complexity index is 1420. The molecular formula is C26H19F5O6. The molecule has 3 aromatic carbocycles. The van der Waals surface area contributed by atoms with Crippen LogP contribution in [0.4, 0.5) is 22.0 Å². The van der Waals surface area contributed by atoms with Gasteiger partial charge in [-0.05, 0) is 30.7 Å². The topological polar surface area (TPSA) is 63.2 Å². The predicted octanol–water partition coefficient (Wildman–Crippen LogP) is 5.91. The van der Waals surface area contributed by atoms with E-state index in [0.29, 0.717) is 28.4 Å². The van der Waals surface area contributed by atoms with Gasteiger partial charge in [0, 0.05) is 17.7 Å². The van der Waals surface area contributed by atoms with Crippen LogP contribution < -0.4 is 23.7 Å². The van der Waals surface area contributed by atoms with E-state index in [1.54, 1.807) is 19.1 Å². The first-order chi connectivity index (χ1) is 17.6. The molecule has 0 fully saturated rings. The maximum Gasteiger partial charge on any atom is 0.232 e. The second-order valence-corrected chi connectivity index (χ2v) is 7.84. The highest BCUT2D eigenvalue weighted by molar-refractivity contribution is 6.15. The molecule has 1 aliphatic rings. The van der Waals surface area contributed by atoms with Crippen LogP contribution in [0.15, 0.2) is 30.0 Å². The van der Waals surface area contributed by atoms with Crippen LogP contribution in [0.3, 0.4) is 0 Å². The summed E-state index contributed by atoms with van der Waals surface area (Å²) in [6.07, 6.45) is 1.44. The van der Waals surface area contributed by atoms with Crippen LogP contribution in [0.2, 0.25) is 0 Å². The van der Waals surface area contributed by atoms with Crippen molar-refractivity contribution in [1.82, 2.24) is 0 Å². The van der Waals surface area contributed by atoms with Crippen molar-refractivity contribution < 1.29 is 50.4 Å². The molecule has 194 valence electrons. The molecule has 6 nitrogen and oxygen atoms in total. The van der Waals surface area contributed by atoms with E-state index in [-0.39, 0.29) is 22.8 Å². The number of ether oxygens (including phenoxy) is 5. The first-order valence-corrected chi connectivity index (χ1v) is 10.6. The van der Waals surface area contributed by atoms with E-state index in [4.69, 9.17) is 23.7 Å².